The van der Waals surface area contributed by atoms with Crippen LogP contribution >= 0.6 is 0 Å². The van der Waals surface area contributed by atoms with E-state index >= 15 is 0 Å². The van der Waals surface area contributed by atoms with Gasteiger partial charge in [0.2, 0.25) is 0 Å². The molecule has 0 saturated carbocycles. The maximum absolute atomic E-state index is 12.4. The lowest BCUT2D eigenvalue weighted by molar-refractivity contribution is -0.147. The molecule has 1 aliphatic rings. The Morgan fingerprint density at radius 2 is 1.82 bits per heavy atom. The molecule has 0 spiro atoms. The van der Waals surface area contributed by atoms with Crippen molar-refractivity contribution in [3.8, 4) is 0 Å². The Labute approximate surface area is 105 Å². The summed E-state index contributed by atoms with van der Waals surface area (Å²) in [7, 11) is 0. The maximum atomic E-state index is 12.4. The zero-order valence-corrected chi connectivity index (χ0v) is 11.5. The quantitative estimate of drug-likeness (QED) is 0.688. The lowest BCUT2D eigenvalue weighted by Gasteiger charge is -2.32. The molecule has 0 amide bonds. The van der Waals surface area contributed by atoms with Crippen LogP contribution in [-0.4, -0.2) is 31.2 Å². The van der Waals surface area contributed by atoms with E-state index < -0.39 is 5.60 Å². The highest BCUT2D eigenvalue weighted by Crippen LogP contribution is 2.28. The van der Waals surface area contributed by atoms with Gasteiger partial charge in [-0.2, -0.15) is 0 Å². The molecular formula is C14H26O3. The third kappa shape index (κ3) is 3.78. The number of rotatable bonds is 7. The van der Waals surface area contributed by atoms with Crippen LogP contribution in [0.15, 0.2) is 0 Å². The fourth-order valence-corrected chi connectivity index (χ4v) is 2.60. The molecule has 0 unspecified atom stereocenters. The Kier molecular flexibility index (Phi) is 6.14. The maximum Gasteiger partial charge on any atom is 0.164 e. The number of ketones is 1. The van der Waals surface area contributed by atoms with Gasteiger partial charge in [0.05, 0.1) is 0 Å². The normalized spacial score (nSPS) is 18.3. The van der Waals surface area contributed by atoms with Gasteiger partial charge in [-0.05, 0) is 38.5 Å². The summed E-state index contributed by atoms with van der Waals surface area (Å²) in [6, 6.07) is 0. The second-order valence-electron chi connectivity index (χ2n) is 4.82. The van der Waals surface area contributed by atoms with E-state index in [1.165, 1.54) is 0 Å². The average Bonchev–Trinajstić information content (AvgIpc) is 2.37. The minimum absolute atomic E-state index is 0.288. The fourth-order valence-electron chi connectivity index (χ4n) is 2.60. The zero-order chi connectivity index (χ0) is 12.7. The van der Waals surface area contributed by atoms with E-state index in [9.17, 15) is 4.79 Å². The minimum Gasteiger partial charge on any atom is -0.381 e. The van der Waals surface area contributed by atoms with Gasteiger partial charge in [0.25, 0.3) is 0 Å². The van der Waals surface area contributed by atoms with Crippen molar-refractivity contribution in [3.63, 3.8) is 0 Å². The Balaban J connectivity index is 2.57. The summed E-state index contributed by atoms with van der Waals surface area (Å²) in [6.07, 6.45) is 4.24. The van der Waals surface area contributed by atoms with Crippen molar-refractivity contribution < 1.29 is 14.3 Å². The smallest absolute Gasteiger partial charge is 0.164 e. The number of Topliss-reactive ketones (excluding diaryl/α,β-unsaturated/α-hetero) is 1. The molecule has 17 heavy (non-hydrogen) atoms. The molecule has 0 aromatic rings. The van der Waals surface area contributed by atoms with Gasteiger partial charge in [0.1, 0.15) is 5.60 Å². The highest BCUT2D eigenvalue weighted by molar-refractivity contribution is 5.87. The summed E-state index contributed by atoms with van der Waals surface area (Å²) in [4.78, 5) is 12.4. The fraction of sp³-hybridized carbons (Fsp3) is 0.929. The number of carbonyl (C=O) groups excluding carboxylic acids is 1. The van der Waals surface area contributed by atoms with E-state index in [0.717, 1.165) is 38.9 Å². The predicted octanol–water partition coefficient (Wildman–Crippen LogP) is 2.97. The molecule has 1 aliphatic heterocycles. The lowest BCUT2D eigenvalue weighted by Crippen LogP contribution is -2.42. The van der Waals surface area contributed by atoms with Crippen molar-refractivity contribution >= 4 is 5.78 Å². The topological polar surface area (TPSA) is 35.5 Å². The molecule has 1 fully saturated rings. The molecule has 3 heteroatoms. The van der Waals surface area contributed by atoms with Gasteiger partial charge >= 0.3 is 0 Å². The van der Waals surface area contributed by atoms with E-state index in [4.69, 9.17) is 9.47 Å². The SMILES string of the molecule is CCOC(CC)(CC)C(=O)CC1CCOCC1. The molecule has 1 rings (SSSR count). The van der Waals surface area contributed by atoms with Gasteiger partial charge < -0.3 is 9.47 Å². The second kappa shape index (κ2) is 7.12. The molecular weight excluding hydrogens is 216 g/mol. The van der Waals surface area contributed by atoms with Crippen molar-refractivity contribution in [2.45, 2.75) is 58.5 Å². The van der Waals surface area contributed by atoms with E-state index in [2.05, 4.69) is 0 Å². The number of hydrogen-bond donors (Lipinski definition) is 0. The Morgan fingerprint density at radius 1 is 1.24 bits per heavy atom. The number of hydrogen-bond acceptors (Lipinski definition) is 3. The van der Waals surface area contributed by atoms with Crippen LogP contribution in [0.2, 0.25) is 0 Å². The van der Waals surface area contributed by atoms with E-state index in [0.29, 0.717) is 18.9 Å². The standard InChI is InChI=1S/C14H26O3/c1-4-14(5-2,17-6-3)13(15)11-12-7-9-16-10-8-12/h12H,4-11H2,1-3H3. The van der Waals surface area contributed by atoms with Crippen LogP contribution in [0.1, 0.15) is 52.9 Å². The zero-order valence-electron chi connectivity index (χ0n) is 11.5. The summed E-state index contributed by atoms with van der Waals surface area (Å²) < 4.78 is 11.1. The van der Waals surface area contributed by atoms with Crippen LogP contribution in [0.5, 0.6) is 0 Å². The van der Waals surface area contributed by atoms with Crippen LogP contribution < -0.4 is 0 Å². The molecule has 0 N–H and O–H groups in total. The molecule has 0 aliphatic carbocycles. The van der Waals surface area contributed by atoms with Gasteiger partial charge in [-0.1, -0.05) is 13.8 Å². The number of carbonyl (C=O) groups is 1. The summed E-state index contributed by atoms with van der Waals surface area (Å²) in [5, 5.41) is 0. The average molecular weight is 242 g/mol. The van der Waals surface area contributed by atoms with Crippen molar-refractivity contribution in [1.29, 1.82) is 0 Å². The predicted molar refractivity (Wildman–Crippen MR) is 68.1 cm³/mol. The van der Waals surface area contributed by atoms with Crippen molar-refractivity contribution in [3.05, 3.63) is 0 Å². The first kappa shape index (κ1) is 14.7. The third-order valence-corrected chi connectivity index (χ3v) is 3.89. The minimum atomic E-state index is -0.535. The highest BCUT2D eigenvalue weighted by atomic mass is 16.5. The first-order valence-electron chi connectivity index (χ1n) is 6.93. The first-order chi connectivity index (χ1) is 8.18. The molecule has 100 valence electrons. The molecule has 3 nitrogen and oxygen atoms in total. The van der Waals surface area contributed by atoms with Gasteiger partial charge in [-0.25, -0.2) is 0 Å². The summed E-state index contributed by atoms with van der Waals surface area (Å²) >= 11 is 0. The molecule has 0 radical (unpaired) electrons. The van der Waals surface area contributed by atoms with Crippen molar-refractivity contribution in [2.24, 2.45) is 5.92 Å². The van der Waals surface area contributed by atoms with Crippen LogP contribution in [-0.2, 0) is 14.3 Å². The van der Waals surface area contributed by atoms with E-state index in [1.54, 1.807) is 0 Å². The van der Waals surface area contributed by atoms with Crippen molar-refractivity contribution in [1.82, 2.24) is 0 Å². The summed E-state index contributed by atoms with van der Waals surface area (Å²) in [5.41, 5.74) is -0.535. The Bertz CT molecular complexity index is 228. The lowest BCUT2D eigenvalue weighted by atomic mass is 9.84. The first-order valence-corrected chi connectivity index (χ1v) is 6.93. The third-order valence-electron chi connectivity index (χ3n) is 3.89. The van der Waals surface area contributed by atoms with E-state index in [-0.39, 0.29) is 5.78 Å². The van der Waals surface area contributed by atoms with Crippen LogP contribution in [0.4, 0.5) is 0 Å². The van der Waals surface area contributed by atoms with Gasteiger partial charge in [0, 0.05) is 26.2 Å². The molecule has 0 aromatic heterocycles. The van der Waals surface area contributed by atoms with Crippen molar-refractivity contribution in [2.75, 3.05) is 19.8 Å². The molecule has 0 atom stereocenters. The largest absolute Gasteiger partial charge is 0.381 e. The second-order valence-corrected chi connectivity index (χ2v) is 4.82. The van der Waals surface area contributed by atoms with Gasteiger partial charge in [0.15, 0.2) is 5.78 Å². The molecule has 0 bridgehead atoms. The summed E-state index contributed by atoms with van der Waals surface area (Å²) in [5.74, 6) is 0.783. The van der Waals surface area contributed by atoms with Gasteiger partial charge in [-0.3, -0.25) is 4.79 Å². The number of ether oxygens (including phenoxy) is 2. The monoisotopic (exact) mass is 242 g/mol. The van der Waals surface area contributed by atoms with Crippen LogP contribution in [0, 0.1) is 5.92 Å². The van der Waals surface area contributed by atoms with E-state index in [1.807, 2.05) is 20.8 Å². The molecule has 0 aromatic carbocycles. The van der Waals surface area contributed by atoms with Crippen LogP contribution in [0.25, 0.3) is 0 Å². The summed E-state index contributed by atoms with van der Waals surface area (Å²) in [6.45, 7) is 8.26. The Morgan fingerprint density at radius 3 is 2.29 bits per heavy atom. The highest BCUT2D eigenvalue weighted by Gasteiger charge is 2.36. The van der Waals surface area contributed by atoms with Gasteiger partial charge in [-0.15, -0.1) is 0 Å². The molecule has 1 saturated heterocycles. The molecule has 1 heterocycles. The Hall–Kier alpha value is -0.410. The van der Waals surface area contributed by atoms with Crippen LogP contribution in [0.3, 0.4) is 0 Å².